The Hall–Kier alpha value is -1.30. The molecule has 1 unspecified atom stereocenters. The number of carboxylic acid groups (broad SMARTS) is 1. The van der Waals surface area contributed by atoms with E-state index in [2.05, 4.69) is 0 Å². The predicted octanol–water partition coefficient (Wildman–Crippen LogP) is 1.58. The first-order chi connectivity index (χ1) is 8.37. The molecular formula is C13H24N2O4. The van der Waals surface area contributed by atoms with Crippen LogP contribution in [0.3, 0.4) is 0 Å². The quantitative estimate of drug-likeness (QED) is 0.756. The summed E-state index contributed by atoms with van der Waals surface area (Å²) in [6, 6.07) is 0. The standard InChI is InChI=1S/C13H24N2O4/c1-11(2,3)19-10(18)15-7-6-13(14,9(16)17)8-12(15,4)5/h6-8,14H2,1-5H3,(H,16,17). The number of amides is 1. The van der Waals surface area contributed by atoms with Crippen LogP contribution in [0.4, 0.5) is 4.79 Å². The second kappa shape index (κ2) is 4.67. The van der Waals surface area contributed by atoms with Crippen LogP contribution in [0, 0.1) is 0 Å². The minimum Gasteiger partial charge on any atom is -0.480 e. The highest BCUT2D eigenvalue weighted by atomic mass is 16.6. The Bertz CT molecular complexity index is 387. The van der Waals surface area contributed by atoms with Crippen molar-refractivity contribution >= 4 is 12.1 Å². The summed E-state index contributed by atoms with van der Waals surface area (Å²) in [6.45, 7) is 9.29. The van der Waals surface area contributed by atoms with Crippen molar-refractivity contribution in [1.82, 2.24) is 4.90 Å². The number of hydrogen-bond donors (Lipinski definition) is 2. The molecule has 110 valence electrons. The van der Waals surface area contributed by atoms with Gasteiger partial charge in [-0.1, -0.05) is 0 Å². The van der Waals surface area contributed by atoms with E-state index in [0.29, 0.717) is 0 Å². The molecule has 19 heavy (non-hydrogen) atoms. The topological polar surface area (TPSA) is 92.9 Å². The van der Waals surface area contributed by atoms with Gasteiger partial charge in [0, 0.05) is 12.1 Å². The average Bonchev–Trinajstić information content (AvgIpc) is 2.11. The molecular weight excluding hydrogens is 248 g/mol. The van der Waals surface area contributed by atoms with Crippen molar-refractivity contribution < 1.29 is 19.4 Å². The van der Waals surface area contributed by atoms with Gasteiger partial charge in [0.05, 0.1) is 0 Å². The van der Waals surface area contributed by atoms with Crippen molar-refractivity contribution in [3.8, 4) is 0 Å². The highest BCUT2D eigenvalue weighted by Gasteiger charge is 2.48. The molecule has 0 aromatic heterocycles. The Morgan fingerprint density at radius 1 is 1.32 bits per heavy atom. The highest BCUT2D eigenvalue weighted by molar-refractivity contribution is 5.79. The normalized spacial score (nSPS) is 26.9. The average molecular weight is 272 g/mol. The van der Waals surface area contributed by atoms with Gasteiger partial charge in [0.2, 0.25) is 0 Å². The van der Waals surface area contributed by atoms with Crippen LogP contribution in [0.15, 0.2) is 0 Å². The second-order valence-electron chi connectivity index (χ2n) is 6.83. The Labute approximate surface area is 113 Å². The maximum absolute atomic E-state index is 12.1. The molecule has 0 bridgehead atoms. The Morgan fingerprint density at radius 3 is 2.21 bits per heavy atom. The van der Waals surface area contributed by atoms with Crippen molar-refractivity contribution in [2.45, 2.75) is 64.1 Å². The number of likely N-dealkylation sites (tertiary alicyclic amines) is 1. The van der Waals surface area contributed by atoms with Crippen molar-refractivity contribution in [2.24, 2.45) is 5.73 Å². The number of hydrogen-bond acceptors (Lipinski definition) is 4. The molecule has 1 fully saturated rings. The van der Waals surface area contributed by atoms with Gasteiger partial charge in [0.15, 0.2) is 0 Å². The van der Waals surface area contributed by atoms with E-state index < -0.39 is 28.7 Å². The number of rotatable bonds is 1. The van der Waals surface area contributed by atoms with Crippen molar-refractivity contribution in [3.05, 3.63) is 0 Å². The van der Waals surface area contributed by atoms with Gasteiger partial charge in [-0.05, 0) is 47.5 Å². The third kappa shape index (κ3) is 3.59. The molecule has 0 saturated carbocycles. The minimum atomic E-state index is -1.28. The molecule has 6 heteroatoms. The van der Waals surface area contributed by atoms with Gasteiger partial charge in [0.25, 0.3) is 0 Å². The second-order valence-corrected chi connectivity index (χ2v) is 6.83. The number of ether oxygens (including phenoxy) is 1. The Balaban J connectivity index is 2.85. The first kappa shape index (κ1) is 15.8. The highest BCUT2D eigenvalue weighted by Crippen LogP contribution is 2.34. The summed E-state index contributed by atoms with van der Waals surface area (Å²) >= 11 is 0. The van der Waals surface area contributed by atoms with Crippen LogP contribution < -0.4 is 5.73 Å². The van der Waals surface area contributed by atoms with E-state index in [1.807, 2.05) is 0 Å². The maximum Gasteiger partial charge on any atom is 0.410 e. The number of nitrogens with two attached hydrogens (primary N) is 1. The van der Waals surface area contributed by atoms with E-state index in [1.54, 1.807) is 39.5 Å². The molecule has 1 rings (SSSR count). The zero-order valence-electron chi connectivity index (χ0n) is 12.3. The van der Waals surface area contributed by atoms with E-state index in [0.717, 1.165) is 0 Å². The fraction of sp³-hybridized carbons (Fsp3) is 0.846. The van der Waals surface area contributed by atoms with Crippen LogP contribution >= 0.6 is 0 Å². The summed E-state index contributed by atoms with van der Waals surface area (Å²) in [5, 5.41) is 9.18. The summed E-state index contributed by atoms with van der Waals surface area (Å²) in [6.07, 6.45) is 0.00416. The number of carbonyl (C=O) groups is 2. The lowest BCUT2D eigenvalue weighted by atomic mass is 9.77. The van der Waals surface area contributed by atoms with Gasteiger partial charge < -0.3 is 20.5 Å². The molecule has 1 aliphatic rings. The molecule has 1 amide bonds. The van der Waals surface area contributed by atoms with Crippen molar-refractivity contribution in [2.75, 3.05) is 6.54 Å². The maximum atomic E-state index is 12.1. The van der Waals surface area contributed by atoms with Gasteiger partial charge in [-0.15, -0.1) is 0 Å². The summed E-state index contributed by atoms with van der Waals surface area (Å²) < 4.78 is 5.34. The summed E-state index contributed by atoms with van der Waals surface area (Å²) in [5.41, 5.74) is 3.40. The monoisotopic (exact) mass is 272 g/mol. The van der Waals surface area contributed by atoms with Gasteiger partial charge in [-0.25, -0.2) is 4.79 Å². The summed E-state index contributed by atoms with van der Waals surface area (Å²) in [4.78, 5) is 24.9. The van der Waals surface area contributed by atoms with E-state index in [9.17, 15) is 14.7 Å². The molecule has 0 aliphatic carbocycles. The molecule has 6 nitrogen and oxygen atoms in total. The first-order valence-corrected chi connectivity index (χ1v) is 6.40. The largest absolute Gasteiger partial charge is 0.480 e. The third-order valence-electron chi connectivity index (χ3n) is 3.30. The molecule has 0 aromatic rings. The zero-order chi connectivity index (χ0) is 15.1. The summed E-state index contributed by atoms with van der Waals surface area (Å²) in [5.74, 6) is -1.02. The fourth-order valence-electron chi connectivity index (χ4n) is 2.41. The van der Waals surface area contributed by atoms with E-state index in [1.165, 1.54) is 0 Å². The van der Waals surface area contributed by atoms with Crippen LogP contribution in [-0.4, -0.2) is 45.3 Å². The fourth-order valence-corrected chi connectivity index (χ4v) is 2.41. The Kier molecular flexibility index (Phi) is 3.87. The number of aliphatic carboxylic acids is 1. The smallest absolute Gasteiger partial charge is 0.410 e. The number of carbonyl (C=O) groups excluding carboxylic acids is 1. The van der Waals surface area contributed by atoms with E-state index in [4.69, 9.17) is 10.5 Å². The molecule has 0 spiro atoms. The molecule has 1 aliphatic heterocycles. The van der Waals surface area contributed by atoms with E-state index >= 15 is 0 Å². The van der Waals surface area contributed by atoms with Crippen LogP contribution in [0.1, 0.15) is 47.5 Å². The zero-order valence-corrected chi connectivity index (χ0v) is 12.3. The SMILES string of the molecule is CC(C)(C)OC(=O)N1CCC(N)(C(=O)O)CC1(C)C. The van der Waals surface area contributed by atoms with Crippen molar-refractivity contribution in [3.63, 3.8) is 0 Å². The van der Waals surface area contributed by atoms with E-state index in [-0.39, 0.29) is 19.4 Å². The van der Waals surface area contributed by atoms with Crippen molar-refractivity contribution in [1.29, 1.82) is 0 Å². The molecule has 1 atom stereocenters. The van der Waals surface area contributed by atoms with Crippen LogP contribution in [0.25, 0.3) is 0 Å². The third-order valence-corrected chi connectivity index (χ3v) is 3.30. The minimum absolute atomic E-state index is 0.203. The lowest BCUT2D eigenvalue weighted by Gasteiger charge is -2.48. The number of piperidine rings is 1. The first-order valence-electron chi connectivity index (χ1n) is 6.40. The summed E-state index contributed by atoms with van der Waals surface area (Å²) in [7, 11) is 0. The molecule has 0 aromatic carbocycles. The predicted molar refractivity (Wildman–Crippen MR) is 70.8 cm³/mol. The number of carboxylic acids is 1. The van der Waals surface area contributed by atoms with Crippen LogP contribution in [-0.2, 0) is 9.53 Å². The van der Waals surface area contributed by atoms with Crippen LogP contribution in [0.2, 0.25) is 0 Å². The Morgan fingerprint density at radius 2 is 1.84 bits per heavy atom. The number of nitrogens with zero attached hydrogens (tertiary/aromatic N) is 1. The molecule has 3 N–H and O–H groups in total. The molecule has 1 saturated heterocycles. The van der Waals surface area contributed by atoms with Gasteiger partial charge in [-0.3, -0.25) is 4.79 Å². The van der Waals surface area contributed by atoms with Gasteiger partial charge in [0.1, 0.15) is 11.1 Å². The lowest BCUT2D eigenvalue weighted by molar-refractivity contribution is -0.147. The lowest BCUT2D eigenvalue weighted by Crippen LogP contribution is -2.64. The van der Waals surface area contributed by atoms with Gasteiger partial charge in [-0.2, -0.15) is 0 Å². The van der Waals surface area contributed by atoms with Crippen LogP contribution in [0.5, 0.6) is 0 Å². The molecule has 0 radical (unpaired) electrons. The van der Waals surface area contributed by atoms with Gasteiger partial charge >= 0.3 is 12.1 Å². The molecule has 1 heterocycles.